The molecule has 5 nitrogen and oxygen atoms in total. The third-order valence-electron chi connectivity index (χ3n) is 3.65. The fraction of sp³-hybridized carbons (Fsp3) is 0.562. The average molecular weight is 363 g/mol. The zero-order valence-corrected chi connectivity index (χ0v) is 15.8. The van der Waals surface area contributed by atoms with Crippen LogP contribution in [0.5, 0.6) is 0 Å². The Morgan fingerprint density at radius 2 is 1.74 bits per heavy atom. The number of benzene rings is 1. The summed E-state index contributed by atoms with van der Waals surface area (Å²) >= 11 is 0. The molecule has 3 N–H and O–H groups in total. The van der Waals surface area contributed by atoms with E-state index in [1.165, 1.54) is 22.3 Å². The quantitative estimate of drug-likeness (QED) is 0.768. The molecule has 0 aromatic heterocycles. The second kappa shape index (κ2) is 9.25. The molecule has 0 aliphatic rings. The van der Waals surface area contributed by atoms with Gasteiger partial charge in [0.2, 0.25) is 5.91 Å². The number of hydrogen-bond acceptors (Lipinski definition) is 4. The van der Waals surface area contributed by atoms with Crippen LogP contribution in [0.4, 0.5) is 0 Å². The molecule has 1 aromatic rings. The van der Waals surface area contributed by atoms with Gasteiger partial charge in [-0.2, -0.15) is 0 Å². The van der Waals surface area contributed by atoms with Gasteiger partial charge >= 0.3 is 0 Å². The van der Waals surface area contributed by atoms with Crippen molar-refractivity contribution in [2.75, 3.05) is 18.6 Å². The molecule has 132 valence electrons. The smallest absolute Gasteiger partial charge is 0.236 e. The Kier molecular flexibility index (Phi) is 8.80. The van der Waals surface area contributed by atoms with E-state index in [9.17, 15) is 13.2 Å². The van der Waals surface area contributed by atoms with Crippen molar-refractivity contribution in [1.29, 1.82) is 0 Å². The molecule has 7 heteroatoms. The van der Waals surface area contributed by atoms with Crippen molar-refractivity contribution < 1.29 is 13.2 Å². The third kappa shape index (κ3) is 7.81. The molecule has 0 fully saturated rings. The lowest BCUT2D eigenvalue weighted by atomic mass is 9.97. The fourth-order valence-corrected chi connectivity index (χ4v) is 3.20. The molecule has 0 bridgehead atoms. The van der Waals surface area contributed by atoms with Crippen LogP contribution in [0, 0.1) is 20.8 Å². The summed E-state index contributed by atoms with van der Waals surface area (Å²) < 4.78 is 22.1. The van der Waals surface area contributed by atoms with Gasteiger partial charge in [0.05, 0.1) is 11.8 Å². The van der Waals surface area contributed by atoms with Gasteiger partial charge in [-0.25, -0.2) is 8.42 Å². The van der Waals surface area contributed by atoms with Gasteiger partial charge in [-0.1, -0.05) is 17.7 Å². The number of halogens is 1. The number of sulfone groups is 1. The molecule has 0 radical (unpaired) electrons. The Hall–Kier alpha value is -1.11. The van der Waals surface area contributed by atoms with Crippen molar-refractivity contribution >= 4 is 28.2 Å². The van der Waals surface area contributed by atoms with Gasteiger partial charge in [0, 0.05) is 12.8 Å². The summed E-state index contributed by atoms with van der Waals surface area (Å²) in [5, 5.41) is 2.78. The lowest BCUT2D eigenvalue weighted by Crippen LogP contribution is -2.42. The Labute approximate surface area is 145 Å². The highest BCUT2D eigenvalue weighted by Gasteiger charge is 2.15. The van der Waals surface area contributed by atoms with Crippen molar-refractivity contribution in [1.82, 2.24) is 5.32 Å². The lowest BCUT2D eigenvalue weighted by molar-refractivity contribution is -0.122. The topological polar surface area (TPSA) is 89.3 Å². The first-order valence-electron chi connectivity index (χ1n) is 7.38. The van der Waals surface area contributed by atoms with Gasteiger partial charge in [-0.3, -0.25) is 4.79 Å². The summed E-state index contributed by atoms with van der Waals surface area (Å²) in [7, 11) is -3.09. The van der Waals surface area contributed by atoms with E-state index in [4.69, 9.17) is 5.73 Å². The standard InChI is InChI=1S/C16H26N2O3S.ClH/c1-11-9-12(2)14(13(3)10-11)5-7-18-16(19)15(17)6-8-22(4,20)21;/h9-10,15H,5-8,17H2,1-4H3,(H,18,19);1H. The highest BCUT2D eigenvalue weighted by Crippen LogP contribution is 2.16. The normalized spacial score (nSPS) is 12.4. The van der Waals surface area contributed by atoms with E-state index in [0.717, 1.165) is 12.7 Å². The van der Waals surface area contributed by atoms with Gasteiger partial charge in [0.15, 0.2) is 0 Å². The van der Waals surface area contributed by atoms with Gasteiger partial charge in [-0.05, 0) is 50.3 Å². The highest BCUT2D eigenvalue weighted by molar-refractivity contribution is 7.90. The van der Waals surface area contributed by atoms with E-state index in [0.29, 0.717) is 6.54 Å². The van der Waals surface area contributed by atoms with Crippen LogP contribution in [0.1, 0.15) is 28.7 Å². The minimum Gasteiger partial charge on any atom is -0.354 e. The Balaban J connectivity index is 0.00000484. The van der Waals surface area contributed by atoms with Crippen LogP contribution in [0.3, 0.4) is 0 Å². The minimum atomic E-state index is -3.09. The molecular weight excluding hydrogens is 336 g/mol. The molecule has 0 aliphatic heterocycles. The molecule has 0 saturated heterocycles. The first-order chi connectivity index (χ1) is 10.1. The first-order valence-corrected chi connectivity index (χ1v) is 9.44. The van der Waals surface area contributed by atoms with Crippen molar-refractivity contribution in [2.24, 2.45) is 5.73 Å². The Bertz CT molecular complexity index is 622. The van der Waals surface area contributed by atoms with E-state index < -0.39 is 15.9 Å². The molecule has 1 atom stereocenters. The van der Waals surface area contributed by atoms with Crippen LogP contribution in [0.15, 0.2) is 12.1 Å². The summed E-state index contributed by atoms with van der Waals surface area (Å²) in [5.74, 6) is -0.372. The van der Waals surface area contributed by atoms with E-state index in [2.05, 4.69) is 38.2 Å². The number of hydrogen-bond donors (Lipinski definition) is 2. The van der Waals surface area contributed by atoms with Crippen molar-refractivity contribution in [2.45, 2.75) is 39.7 Å². The van der Waals surface area contributed by atoms with Crippen LogP contribution < -0.4 is 11.1 Å². The van der Waals surface area contributed by atoms with Crippen molar-refractivity contribution in [3.8, 4) is 0 Å². The van der Waals surface area contributed by atoms with E-state index in [1.807, 2.05) is 0 Å². The molecule has 1 rings (SSSR count). The van der Waals surface area contributed by atoms with Gasteiger partial charge in [0.25, 0.3) is 0 Å². The average Bonchev–Trinajstić information content (AvgIpc) is 2.37. The second-order valence-corrected chi connectivity index (χ2v) is 8.20. The first kappa shape index (κ1) is 21.9. The third-order valence-corrected chi connectivity index (χ3v) is 4.63. The fourth-order valence-electron chi connectivity index (χ4n) is 2.52. The molecule has 0 aliphatic carbocycles. The van der Waals surface area contributed by atoms with Crippen molar-refractivity contribution in [3.63, 3.8) is 0 Å². The largest absolute Gasteiger partial charge is 0.354 e. The number of aryl methyl sites for hydroxylation is 3. The summed E-state index contributed by atoms with van der Waals surface area (Å²) in [6, 6.07) is 3.47. The van der Waals surface area contributed by atoms with Crippen molar-refractivity contribution in [3.05, 3.63) is 34.4 Å². The van der Waals surface area contributed by atoms with Gasteiger partial charge in [-0.15, -0.1) is 12.4 Å². The summed E-state index contributed by atoms with van der Waals surface area (Å²) in [6.45, 7) is 6.69. The van der Waals surface area contributed by atoms with Gasteiger partial charge in [0.1, 0.15) is 9.84 Å². The minimum absolute atomic E-state index is 0. The highest BCUT2D eigenvalue weighted by atomic mass is 35.5. The summed E-state index contributed by atoms with van der Waals surface area (Å²) in [4.78, 5) is 11.8. The monoisotopic (exact) mass is 362 g/mol. The Morgan fingerprint density at radius 1 is 1.22 bits per heavy atom. The number of nitrogens with one attached hydrogen (secondary N) is 1. The predicted octanol–water partition coefficient (Wildman–Crippen LogP) is 1.45. The van der Waals surface area contributed by atoms with Crippen LogP contribution in [-0.4, -0.2) is 38.9 Å². The maximum atomic E-state index is 11.8. The number of amides is 1. The SMILES string of the molecule is Cc1cc(C)c(CCNC(=O)C(N)CCS(C)(=O)=O)c(C)c1.Cl. The summed E-state index contributed by atoms with van der Waals surface area (Å²) in [5.41, 5.74) is 10.6. The van der Waals surface area contributed by atoms with Gasteiger partial charge < -0.3 is 11.1 Å². The van der Waals surface area contributed by atoms with Crippen LogP contribution in [-0.2, 0) is 21.1 Å². The maximum absolute atomic E-state index is 11.8. The molecule has 23 heavy (non-hydrogen) atoms. The molecule has 0 spiro atoms. The number of nitrogens with two attached hydrogens (primary N) is 1. The molecule has 1 unspecified atom stereocenters. The van der Waals surface area contributed by atoms with Crippen LogP contribution in [0.25, 0.3) is 0 Å². The molecule has 1 amide bonds. The number of carbonyl (C=O) groups excluding carboxylic acids is 1. The van der Waals surface area contributed by atoms with Crippen LogP contribution >= 0.6 is 12.4 Å². The summed E-state index contributed by atoms with van der Waals surface area (Å²) in [6.07, 6.45) is 2.02. The van der Waals surface area contributed by atoms with E-state index >= 15 is 0 Å². The maximum Gasteiger partial charge on any atom is 0.236 e. The zero-order chi connectivity index (χ0) is 16.9. The molecule has 0 saturated carbocycles. The van der Waals surface area contributed by atoms with E-state index in [-0.39, 0.29) is 30.5 Å². The Morgan fingerprint density at radius 3 is 2.22 bits per heavy atom. The van der Waals surface area contributed by atoms with Crippen LogP contribution in [0.2, 0.25) is 0 Å². The number of carbonyl (C=O) groups is 1. The second-order valence-electron chi connectivity index (χ2n) is 5.94. The molecule has 0 heterocycles. The zero-order valence-electron chi connectivity index (χ0n) is 14.2. The predicted molar refractivity (Wildman–Crippen MR) is 96.9 cm³/mol. The molecule has 1 aromatic carbocycles. The molecular formula is C16H27ClN2O3S. The lowest BCUT2D eigenvalue weighted by Gasteiger charge is -2.14. The van der Waals surface area contributed by atoms with E-state index in [1.54, 1.807) is 0 Å². The number of rotatable bonds is 7.